The van der Waals surface area contributed by atoms with E-state index in [-0.39, 0.29) is 12.2 Å². The molecule has 0 saturated carbocycles. The molecule has 0 fully saturated rings. The van der Waals surface area contributed by atoms with Crippen LogP contribution in [0, 0.1) is 5.92 Å². The van der Waals surface area contributed by atoms with E-state index >= 15 is 0 Å². The van der Waals surface area contributed by atoms with Crippen LogP contribution in [0.15, 0.2) is 55.1 Å². The molecule has 3 heteroatoms. The fourth-order valence-corrected chi connectivity index (χ4v) is 1.89. The first-order valence-corrected chi connectivity index (χ1v) is 7.81. The van der Waals surface area contributed by atoms with Crippen molar-refractivity contribution in [1.82, 2.24) is 0 Å². The third-order valence-corrected chi connectivity index (χ3v) is 3.10. The zero-order valence-electron chi connectivity index (χ0n) is 14.4. The van der Waals surface area contributed by atoms with Crippen LogP contribution in [0.5, 0.6) is 0 Å². The first kappa shape index (κ1) is 20.6. The van der Waals surface area contributed by atoms with Crippen molar-refractivity contribution in [2.75, 3.05) is 0 Å². The maximum Gasteiger partial charge on any atom is 0.306 e. The van der Waals surface area contributed by atoms with Crippen LogP contribution >= 0.6 is 0 Å². The fourth-order valence-electron chi connectivity index (χ4n) is 1.89. The Kier molecular flexibility index (Phi) is 10.0. The van der Waals surface area contributed by atoms with Crippen molar-refractivity contribution in [3.63, 3.8) is 0 Å². The van der Waals surface area contributed by atoms with Gasteiger partial charge in [0.25, 0.3) is 0 Å². The van der Waals surface area contributed by atoms with E-state index in [0.717, 1.165) is 11.1 Å². The molecule has 0 heterocycles. The molecule has 0 bridgehead atoms. The van der Waals surface area contributed by atoms with E-state index in [9.17, 15) is 9.59 Å². The highest BCUT2D eigenvalue weighted by Gasteiger charge is 2.16. The van der Waals surface area contributed by atoms with Crippen LogP contribution in [0.1, 0.15) is 50.0 Å². The molecule has 3 nitrogen and oxygen atoms in total. The molecule has 1 atom stereocenters. The van der Waals surface area contributed by atoms with Gasteiger partial charge in [-0.05, 0) is 18.1 Å². The SMILES string of the molecule is C=C/C=C(\C=C/C)c1ccc(C(=O)CC(C)C(=O)O)cc1.CC. The molecule has 0 aliphatic carbocycles. The number of allylic oxidation sites excluding steroid dienone is 5. The quantitative estimate of drug-likeness (QED) is 0.559. The molecule has 0 spiro atoms. The van der Waals surface area contributed by atoms with Crippen LogP contribution in [0.2, 0.25) is 0 Å². The van der Waals surface area contributed by atoms with E-state index in [1.54, 1.807) is 18.2 Å². The minimum Gasteiger partial charge on any atom is -0.481 e. The molecule has 1 aromatic rings. The maximum absolute atomic E-state index is 12.0. The van der Waals surface area contributed by atoms with Gasteiger partial charge in [0.2, 0.25) is 0 Å². The first-order chi connectivity index (χ1) is 11.0. The molecule has 0 amide bonds. The molecule has 0 radical (unpaired) electrons. The summed E-state index contributed by atoms with van der Waals surface area (Å²) in [7, 11) is 0. The Balaban J connectivity index is 0.00000232. The van der Waals surface area contributed by atoms with Gasteiger partial charge >= 0.3 is 5.97 Å². The fraction of sp³-hybridized carbons (Fsp3) is 0.300. The van der Waals surface area contributed by atoms with Crippen molar-refractivity contribution in [2.24, 2.45) is 5.92 Å². The number of carboxylic acid groups (broad SMARTS) is 1. The summed E-state index contributed by atoms with van der Waals surface area (Å²) in [5.41, 5.74) is 2.52. The minimum atomic E-state index is -0.954. The van der Waals surface area contributed by atoms with E-state index in [1.807, 2.05) is 51.1 Å². The summed E-state index contributed by atoms with van der Waals surface area (Å²) in [5, 5.41) is 8.84. The minimum absolute atomic E-state index is 0.0128. The topological polar surface area (TPSA) is 54.4 Å². The summed E-state index contributed by atoms with van der Waals surface area (Å²) in [4.78, 5) is 22.8. The average Bonchev–Trinajstić information content (AvgIpc) is 2.56. The van der Waals surface area contributed by atoms with Gasteiger partial charge < -0.3 is 5.11 Å². The lowest BCUT2D eigenvalue weighted by molar-refractivity contribution is -0.141. The second kappa shape index (κ2) is 11.2. The summed E-state index contributed by atoms with van der Waals surface area (Å²) in [6, 6.07) is 7.17. The lowest BCUT2D eigenvalue weighted by Gasteiger charge is -2.07. The van der Waals surface area contributed by atoms with Crippen molar-refractivity contribution >= 4 is 17.3 Å². The summed E-state index contributed by atoms with van der Waals surface area (Å²) < 4.78 is 0. The smallest absolute Gasteiger partial charge is 0.306 e. The molecular formula is C20H26O3. The normalized spacial score (nSPS) is 12.3. The van der Waals surface area contributed by atoms with Gasteiger partial charge in [-0.3, -0.25) is 9.59 Å². The lowest BCUT2D eigenvalue weighted by Crippen LogP contribution is -2.14. The number of hydrogen-bond donors (Lipinski definition) is 1. The Morgan fingerprint density at radius 1 is 1.17 bits per heavy atom. The van der Waals surface area contributed by atoms with E-state index in [4.69, 9.17) is 5.11 Å². The summed E-state index contributed by atoms with van der Waals surface area (Å²) in [6.45, 7) is 11.1. The number of benzene rings is 1. The molecule has 124 valence electrons. The average molecular weight is 314 g/mol. The second-order valence-corrected chi connectivity index (χ2v) is 4.80. The molecule has 1 rings (SSSR count). The van der Waals surface area contributed by atoms with Gasteiger partial charge in [0, 0.05) is 12.0 Å². The second-order valence-electron chi connectivity index (χ2n) is 4.80. The number of rotatable bonds is 7. The number of hydrogen-bond acceptors (Lipinski definition) is 2. The number of carbonyl (C=O) groups excluding carboxylic acids is 1. The van der Waals surface area contributed by atoms with Gasteiger partial charge in [0.15, 0.2) is 5.78 Å². The van der Waals surface area contributed by atoms with Crippen molar-refractivity contribution in [3.05, 3.63) is 66.3 Å². The van der Waals surface area contributed by atoms with Crippen LogP contribution < -0.4 is 0 Å². The van der Waals surface area contributed by atoms with Crippen molar-refractivity contribution in [1.29, 1.82) is 0 Å². The number of aliphatic carboxylic acids is 1. The Hall–Kier alpha value is -2.42. The van der Waals surface area contributed by atoms with Gasteiger partial charge in [0.1, 0.15) is 0 Å². The number of carboxylic acids is 1. The monoisotopic (exact) mass is 314 g/mol. The molecule has 0 aliphatic heterocycles. The van der Waals surface area contributed by atoms with E-state index < -0.39 is 11.9 Å². The van der Waals surface area contributed by atoms with E-state index in [0.29, 0.717) is 5.56 Å². The molecule has 0 saturated heterocycles. The van der Waals surface area contributed by atoms with Crippen LogP contribution in [0.3, 0.4) is 0 Å². The number of carbonyl (C=O) groups is 2. The zero-order chi connectivity index (χ0) is 17.8. The van der Waals surface area contributed by atoms with Crippen LogP contribution in [-0.2, 0) is 4.79 Å². The molecule has 1 aromatic carbocycles. The van der Waals surface area contributed by atoms with Gasteiger partial charge in [0.05, 0.1) is 5.92 Å². The van der Waals surface area contributed by atoms with Crippen molar-refractivity contribution < 1.29 is 14.7 Å². The largest absolute Gasteiger partial charge is 0.481 e. The van der Waals surface area contributed by atoms with Gasteiger partial charge in [-0.25, -0.2) is 0 Å². The summed E-state index contributed by atoms with van der Waals surface area (Å²) in [6.07, 6.45) is 7.51. The van der Waals surface area contributed by atoms with E-state index in [1.165, 1.54) is 6.92 Å². The van der Waals surface area contributed by atoms with Gasteiger partial charge in [-0.15, -0.1) is 0 Å². The third-order valence-electron chi connectivity index (χ3n) is 3.10. The van der Waals surface area contributed by atoms with Crippen LogP contribution in [-0.4, -0.2) is 16.9 Å². The Bertz CT molecular complexity index is 577. The highest BCUT2D eigenvalue weighted by Crippen LogP contribution is 2.18. The Morgan fingerprint density at radius 3 is 2.13 bits per heavy atom. The van der Waals surface area contributed by atoms with Crippen LogP contribution in [0.4, 0.5) is 0 Å². The highest BCUT2D eigenvalue weighted by molar-refractivity contribution is 5.98. The van der Waals surface area contributed by atoms with Crippen molar-refractivity contribution in [2.45, 2.75) is 34.1 Å². The molecular weight excluding hydrogens is 288 g/mol. The molecule has 23 heavy (non-hydrogen) atoms. The lowest BCUT2D eigenvalue weighted by atomic mass is 9.97. The Morgan fingerprint density at radius 2 is 1.70 bits per heavy atom. The standard InChI is InChI=1S/C18H20O3.C2H6/c1-4-6-14(7-5-2)15-8-10-16(11-9-15)17(19)12-13(3)18(20)21;1-2/h4-11,13H,1,12H2,2-3H3,(H,20,21);1-2H3/b7-5-,14-6+;. The zero-order valence-corrected chi connectivity index (χ0v) is 14.4. The van der Waals surface area contributed by atoms with Crippen LogP contribution in [0.25, 0.3) is 5.57 Å². The molecule has 1 N–H and O–H groups in total. The highest BCUT2D eigenvalue weighted by atomic mass is 16.4. The predicted octanol–water partition coefficient (Wildman–Crippen LogP) is 5.15. The third kappa shape index (κ3) is 6.92. The predicted molar refractivity (Wildman–Crippen MR) is 96.5 cm³/mol. The molecule has 0 aromatic heterocycles. The number of ketones is 1. The van der Waals surface area contributed by atoms with E-state index in [2.05, 4.69) is 6.58 Å². The summed E-state index contributed by atoms with van der Waals surface area (Å²) >= 11 is 0. The first-order valence-electron chi connectivity index (χ1n) is 7.81. The maximum atomic E-state index is 12.0. The molecule has 1 unspecified atom stereocenters. The van der Waals surface area contributed by atoms with Gasteiger partial charge in [-0.2, -0.15) is 0 Å². The summed E-state index contributed by atoms with van der Waals surface area (Å²) in [5.74, 6) is -1.78. The number of Topliss-reactive ketones (excluding diaryl/α,β-unsaturated/α-hetero) is 1. The van der Waals surface area contributed by atoms with Gasteiger partial charge in [-0.1, -0.05) is 75.9 Å². The van der Waals surface area contributed by atoms with Crippen molar-refractivity contribution in [3.8, 4) is 0 Å². The Labute approximate surface area is 139 Å². The molecule has 0 aliphatic rings.